The zero-order valence-corrected chi connectivity index (χ0v) is 22.3. The first-order valence-corrected chi connectivity index (χ1v) is 12.7. The number of phenolic OH excluding ortho intramolecular Hbond substituents is 2. The van der Waals surface area contributed by atoms with E-state index in [0.29, 0.717) is 6.42 Å². The van der Waals surface area contributed by atoms with Gasteiger partial charge in [0.05, 0.1) is 22.1 Å². The van der Waals surface area contributed by atoms with Gasteiger partial charge < -0.3 is 14.9 Å². The van der Waals surface area contributed by atoms with E-state index in [-0.39, 0.29) is 29.7 Å². The lowest BCUT2D eigenvalue weighted by Gasteiger charge is -2.59. The van der Waals surface area contributed by atoms with E-state index in [1.165, 1.54) is 0 Å². The number of Topliss-reactive ketones (excluding diaryl/α,β-unsaturated/α-hetero) is 2. The molecule has 1 aromatic rings. The van der Waals surface area contributed by atoms with Gasteiger partial charge in [-0.2, -0.15) is 5.11 Å². The molecule has 0 aromatic heterocycles. The number of alkyl halides is 3. The Morgan fingerprint density at radius 3 is 2.34 bits per heavy atom. The molecular formula is C25H29Cl3N2O5. The van der Waals surface area contributed by atoms with E-state index in [4.69, 9.17) is 45.1 Å². The number of aromatic hydroxyl groups is 2. The second-order valence-corrected chi connectivity index (χ2v) is 12.7. The summed E-state index contributed by atoms with van der Waals surface area (Å²) >= 11 is 20.5. The first-order chi connectivity index (χ1) is 16.0. The Morgan fingerprint density at radius 2 is 1.74 bits per heavy atom. The van der Waals surface area contributed by atoms with Crippen LogP contribution < -0.4 is 0 Å². The van der Waals surface area contributed by atoms with Crippen LogP contribution in [0.3, 0.4) is 0 Å². The van der Waals surface area contributed by atoms with Crippen LogP contribution in [-0.2, 0) is 4.74 Å². The minimum absolute atomic E-state index is 0.0174. The lowest BCUT2D eigenvalue weighted by molar-refractivity contribution is -0.169. The number of allylic oxidation sites excluding steroid dienone is 1. The Morgan fingerprint density at radius 1 is 1.11 bits per heavy atom. The minimum Gasteiger partial charge on any atom is -0.507 e. The Hall–Kier alpha value is -1.67. The van der Waals surface area contributed by atoms with Crippen LogP contribution in [0, 0.1) is 16.9 Å². The highest BCUT2D eigenvalue weighted by atomic mass is 35.5. The van der Waals surface area contributed by atoms with Gasteiger partial charge in [-0.15, -0.1) is 34.8 Å². The van der Waals surface area contributed by atoms with Gasteiger partial charge in [0.15, 0.2) is 17.2 Å². The average Bonchev–Trinajstić information content (AvgIpc) is 2.75. The number of benzene rings is 1. The van der Waals surface area contributed by atoms with Crippen LogP contribution in [-0.4, -0.2) is 48.6 Å². The van der Waals surface area contributed by atoms with Gasteiger partial charge in [-0.3, -0.25) is 9.59 Å². The molecule has 0 spiro atoms. The van der Waals surface area contributed by atoms with Gasteiger partial charge in [0.25, 0.3) is 0 Å². The summed E-state index contributed by atoms with van der Waals surface area (Å²) in [7, 11) is 0. The molecule has 0 bridgehead atoms. The number of halogens is 3. The van der Waals surface area contributed by atoms with Gasteiger partial charge in [0, 0.05) is 11.4 Å². The monoisotopic (exact) mass is 542 g/mol. The smallest absolute Gasteiger partial charge is 0.200 e. The van der Waals surface area contributed by atoms with Crippen molar-refractivity contribution in [2.24, 2.45) is 16.4 Å². The number of carbonyl (C=O) groups excluding carboxylic acids is 2. The van der Waals surface area contributed by atoms with Crippen molar-refractivity contribution in [1.82, 2.24) is 0 Å². The van der Waals surface area contributed by atoms with Gasteiger partial charge >= 0.3 is 0 Å². The minimum atomic E-state index is -1.96. The van der Waals surface area contributed by atoms with Crippen LogP contribution in [0.1, 0.15) is 74.1 Å². The maximum Gasteiger partial charge on any atom is 0.200 e. The fraction of sp³-hybridized carbons (Fsp3) is 0.600. The molecule has 1 aromatic carbocycles. The van der Waals surface area contributed by atoms with Gasteiger partial charge in [-0.25, -0.2) is 5.53 Å². The Labute approximate surface area is 219 Å². The highest BCUT2D eigenvalue weighted by Crippen LogP contribution is 2.61. The lowest BCUT2D eigenvalue weighted by Crippen LogP contribution is -2.73. The molecule has 10 heteroatoms. The number of ketones is 2. The molecule has 0 radical (unpaired) electrons. The van der Waals surface area contributed by atoms with Gasteiger partial charge in [0.2, 0.25) is 0 Å². The number of hydrogen-bond acceptors (Lipinski definition) is 7. The van der Waals surface area contributed by atoms with Crippen molar-refractivity contribution in [3.8, 4) is 11.5 Å². The Balaban J connectivity index is 2.04. The van der Waals surface area contributed by atoms with Crippen molar-refractivity contribution >= 4 is 52.1 Å². The summed E-state index contributed by atoms with van der Waals surface area (Å²) in [4.78, 5) is 26.5. The van der Waals surface area contributed by atoms with Crippen LogP contribution in [0.4, 0.5) is 5.69 Å². The van der Waals surface area contributed by atoms with E-state index in [1.54, 1.807) is 13.8 Å². The number of nitrogens with one attached hydrogen (secondary N) is 1. The molecule has 2 fully saturated rings. The molecule has 190 valence electrons. The third kappa shape index (κ3) is 3.49. The molecule has 1 aliphatic heterocycles. The third-order valence-electron chi connectivity index (χ3n) is 8.25. The topological polar surface area (TPSA) is 120 Å². The number of fused-ring (bicyclic) bond motifs is 2. The molecule has 1 saturated heterocycles. The predicted octanol–water partition coefficient (Wildman–Crippen LogP) is 6.65. The predicted molar refractivity (Wildman–Crippen MR) is 134 cm³/mol. The van der Waals surface area contributed by atoms with Crippen LogP contribution in [0.25, 0.3) is 0 Å². The fourth-order valence-corrected chi connectivity index (χ4v) is 7.02. The molecule has 2 aliphatic carbocycles. The van der Waals surface area contributed by atoms with E-state index < -0.39 is 61.2 Å². The molecule has 0 unspecified atom stereocenters. The van der Waals surface area contributed by atoms with Crippen LogP contribution in [0.5, 0.6) is 11.5 Å². The standard InChI is InChI=1S/C25H29Cl3N2O5/c1-11-6-7-15(26)22(2,3)12(11)9-25-21(34)18-17(13(31)8-14(32)19(18)30-29)20(33)24(25,28)10-16(27)23(4,5)35-25/h8,12,15-16,29,31-32H,1,6-7,9-10H2,2-5H3/t12-,15+,16-,24+,25+/m1/s1. The Kier molecular flexibility index (Phi) is 6.16. The van der Waals surface area contributed by atoms with Crippen LogP contribution >= 0.6 is 34.8 Å². The van der Waals surface area contributed by atoms with Gasteiger partial charge in [-0.05, 0) is 50.9 Å². The summed E-state index contributed by atoms with van der Waals surface area (Å²) in [6.45, 7) is 11.6. The van der Waals surface area contributed by atoms with Crippen molar-refractivity contribution in [1.29, 1.82) is 5.53 Å². The van der Waals surface area contributed by atoms with E-state index in [9.17, 15) is 19.8 Å². The highest BCUT2D eigenvalue weighted by molar-refractivity contribution is 6.45. The molecule has 7 nitrogen and oxygen atoms in total. The van der Waals surface area contributed by atoms with Crippen LogP contribution in [0.2, 0.25) is 0 Å². The Bertz CT molecular complexity index is 1170. The third-order valence-corrected chi connectivity index (χ3v) is 10.3. The average molecular weight is 544 g/mol. The van der Waals surface area contributed by atoms with Crippen molar-refractivity contribution in [2.45, 2.75) is 80.2 Å². The quantitative estimate of drug-likeness (QED) is 0.224. The first kappa shape index (κ1) is 26.4. The number of rotatable bonds is 3. The summed E-state index contributed by atoms with van der Waals surface area (Å²) in [6.07, 6.45) is 1.24. The second kappa shape index (κ2) is 8.17. The normalized spacial score (nSPS) is 35.9. The summed E-state index contributed by atoms with van der Waals surface area (Å²) in [5.74, 6) is -3.09. The number of carbonyl (C=O) groups is 2. The maximum absolute atomic E-state index is 14.4. The van der Waals surface area contributed by atoms with E-state index >= 15 is 0 Å². The molecule has 3 N–H and O–H groups in total. The van der Waals surface area contributed by atoms with Crippen molar-refractivity contribution in [3.63, 3.8) is 0 Å². The van der Waals surface area contributed by atoms with E-state index in [1.807, 2.05) is 13.8 Å². The largest absolute Gasteiger partial charge is 0.507 e. The van der Waals surface area contributed by atoms with E-state index in [2.05, 4.69) is 11.7 Å². The number of phenols is 2. The van der Waals surface area contributed by atoms with Crippen molar-refractivity contribution < 1.29 is 24.5 Å². The van der Waals surface area contributed by atoms with Gasteiger partial charge in [0.1, 0.15) is 22.1 Å². The molecular weight excluding hydrogens is 515 g/mol. The SMILES string of the molecule is C=C1CC[C@H](Cl)C(C)(C)[C@@H]1C[C@@]12OC(C)(C)[C@H](Cl)C[C@]1(Cl)C(=O)c1c(O)cc(O)c(N=N)c1C2=O. The van der Waals surface area contributed by atoms with Crippen molar-refractivity contribution in [3.05, 3.63) is 29.3 Å². The summed E-state index contributed by atoms with van der Waals surface area (Å²) in [5.41, 5.74) is 3.71. The number of ether oxygens (including phenoxy) is 1. The summed E-state index contributed by atoms with van der Waals surface area (Å²) in [5, 5.41) is 23.3. The highest BCUT2D eigenvalue weighted by Gasteiger charge is 2.72. The molecule has 5 atom stereocenters. The molecule has 3 aliphatic rings. The fourth-order valence-electron chi connectivity index (χ4n) is 5.96. The lowest BCUT2D eigenvalue weighted by atomic mass is 9.56. The zero-order valence-electron chi connectivity index (χ0n) is 20.0. The second-order valence-electron chi connectivity index (χ2n) is 11.0. The first-order valence-electron chi connectivity index (χ1n) is 11.5. The van der Waals surface area contributed by atoms with E-state index in [0.717, 1.165) is 18.1 Å². The molecule has 4 rings (SSSR count). The summed E-state index contributed by atoms with van der Waals surface area (Å²) in [6, 6.07) is 0.876. The molecule has 1 saturated carbocycles. The summed E-state index contributed by atoms with van der Waals surface area (Å²) < 4.78 is 6.49. The van der Waals surface area contributed by atoms with Crippen molar-refractivity contribution in [2.75, 3.05) is 0 Å². The molecule has 35 heavy (non-hydrogen) atoms. The molecule has 1 heterocycles. The maximum atomic E-state index is 14.4. The number of nitrogens with zero attached hydrogens (tertiary/aromatic N) is 1. The zero-order chi connectivity index (χ0) is 26.3. The number of hydrogen-bond donors (Lipinski definition) is 3. The van der Waals surface area contributed by atoms with Crippen LogP contribution in [0.15, 0.2) is 23.3 Å². The molecule has 0 amide bonds. The van der Waals surface area contributed by atoms with Gasteiger partial charge in [-0.1, -0.05) is 26.0 Å².